The molecule has 19 nitrogen and oxygen atoms in total. The van der Waals surface area contributed by atoms with E-state index in [-0.39, 0.29) is 35.3 Å². The Balaban J connectivity index is 0.000000136. The summed E-state index contributed by atoms with van der Waals surface area (Å²) in [5, 5.41) is 35.7. The van der Waals surface area contributed by atoms with Crippen LogP contribution in [0.25, 0.3) is 22.7 Å². The number of nitrogens with one attached hydrogen (secondary N) is 1. The van der Waals surface area contributed by atoms with E-state index in [0.717, 1.165) is 49.8 Å². The van der Waals surface area contributed by atoms with Crippen molar-refractivity contribution in [2.75, 3.05) is 36.0 Å². The summed E-state index contributed by atoms with van der Waals surface area (Å²) in [6.07, 6.45) is 15.4. The molecule has 2 atom stereocenters. The van der Waals surface area contributed by atoms with Crippen LogP contribution < -0.4 is 20.9 Å². The first kappa shape index (κ1) is 38.2. The second-order valence-electron chi connectivity index (χ2n) is 13.6. The molecule has 0 unspecified atom stereocenters. The highest BCUT2D eigenvalue weighted by Crippen LogP contribution is 2.22. The predicted molar refractivity (Wildman–Crippen MR) is 208 cm³/mol. The molecule has 6 aromatic heterocycles. The molecular formula is C38H36F2N16O3. The predicted octanol–water partition coefficient (Wildman–Crippen LogP) is 2.83. The molecule has 0 saturated carbocycles. The van der Waals surface area contributed by atoms with Gasteiger partial charge in [0.05, 0.1) is 11.4 Å². The van der Waals surface area contributed by atoms with Gasteiger partial charge in [-0.3, -0.25) is 13.6 Å². The number of halogens is 2. The molecule has 2 aliphatic rings. The zero-order chi connectivity index (χ0) is 40.9. The highest BCUT2D eigenvalue weighted by molar-refractivity contribution is 5.92. The van der Waals surface area contributed by atoms with Gasteiger partial charge < -0.3 is 26.0 Å². The van der Waals surface area contributed by atoms with Crippen LogP contribution in [-0.4, -0.2) is 114 Å². The van der Waals surface area contributed by atoms with Gasteiger partial charge in [-0.15, -0.1) is 20.4 Å². The smallest absolute Gasteiger partial charge is 0.356 e. The number of benzene rings is 2. The van der Waals surface area contributed by atoms with Crippen LogP contribution in [0.1, 0.15) is 33.8 Å². The third-order valence-corrected chi connectivity index (χ3v) is 9.55. The molecule has 4 N–H and O–H groups in total. The maximum atomic E-state index is 13.1. The van der Waals surface area contributed by atoms with Crippen molar-refractivity contribution in [1.29, 1.82) is 0 Å². The van der Waals surface area contributed by atoms with Crippen LogP contribution in [-0.2, 0) is 0 Å². The van der Waals surface area contributed by atoms with E-state index in [1.807, 2.05) is 15.0 Å². The molecule has 0 aliphatic carbocycles. The lowest BCUT2D eigenvalue weighted by Crippen LogP contribution is -2.37. The maximum Gasteiger partial charge on any atom is 0.356 e. The first-order valence-electron chi connectivity index (χ1n) is 18.4. The third-order valence-electron chi connectivity index (χ3n) is 9.55. The molecular weight excluding hydrogens is 767 g/mol. The van der Waals surface area contributed by atoms with Gasteiger partial charge in [-0.1, -0.05) is 0 Å². The van der Waals surface area contributed by atoms with E-state index in [1.54, 1.807) is 60.3 Å². The zero-order valence-electron chi connectivity index (χ0n) is 31.1. The number of hydrogen-bond donors (Lipinski definition) is 3. The Labute approximate surface area is 333 Å². The van der Waals surface area contributed by atoms with Crippen molar-refractivity contribution in [2.45, 2.75) is 24.9 Å². The summed E-state index contributed by atoms with van der Waals surface area (Å²) in [7, 11) is 0. The number of aromatic carboxylic acids is 1. The molecule has 2 aromatic carbocycles. The van der Waals surface area contributed by atoms with E-state index in [4.69, 9.17) is 10.8 Å². The van der Waals surface area contributed by atoms with Crippen LogP contribution in [0.5, 0.6) is 0 Å². The average Bonchev–Trinajstić information content (AvgIpc) is 4.10. The molecule has 8 heterocycles. The fraction of sp³-hybridized carbons (Fsp3) is 0.211. The van der Waals surface area contributed by atoms with Crippen LogP contribution in [0, 0.1) is 11.6 Å². The molecule has 0 spiro atoms. The zero-order valence-corrected chi connectivity index (χ0v) is 31.1. The van der Waals surface area contributed by atoms with Crippen LogP contribution in [0.2, 0.25) is 0 Å². The number of amides is 1. The van der Waals surface area contributed by atoms with Crippen molar-refractivity contribution in [2.24, 2.45) is 5.73 Å². The van der Waals surface area contributed by atoms with Crippen molar-refractivity contribution in [1.82, 2.24) is 64.0 Å². The Morgan fingerprint density at radius 2 is 1.19 bits per heavy atom. The van der Waals surface area contributed by atoms with Crippen molar-refractivity contribution in [3.63, 3.8) is 0 Å². The minimum Gasteiger partial charge on any atom is -0.476 e. The number of aromatic nitrogens is 12. The first-order valence-corrected chi connectivity index (χ1v) is 18.4. The number of carbonyl (C=O) groups excluding carboxylic acids is 1. The Hall–Kier alpha value is -7.68. The van der Waals surface area contributed by atoms with E-state index < -0.39 is 5.97 Å². The standard InChI is InChI=1S/C19H17FN8O.C10H7FN2O2.C9H12N6/c20-13-1-3-15(4-2-13)28-9-6-16(25-28)19(29)23-14-5-8-26(11-14)17-18-24-22-12-27(18)10-7-21-17;11-7-1-3-8(4-2-7)13-6-5-9(12-13)10(14)15;10-7-1-3-14(5-7)8-9-13-12-6-15(9)4-2-11-8/h1-4,6-7,9-10,12,14H,5,8,11H2,(H,23,29);1-6H,(H,14,15);2,4,6-7H,1,3,5,10H2/t14-;;7-/m0.0/s1. The Morgan fingerprint density at radius 3 is 1.69 bits per heavy atom. The number of hydrogen-bond acceptors (Lipinski definition) is 13. The lowest BCUT2D eigenvalue weighted by Gasteiger charge is -2.17. The van der Waals surface area contributed by atoms with Crippen molar-refractivity contribution in [3.8, 4) is 11.4 Å². The lowest BCUT2D eigenvalue weighted by atomic mass is 10.2. The number of carboxylic acid groups (broad SMARTS) is 1. The Kier molecular flexibility index (Phi) is 10.9. The summed E-state index contributed by atoms with van der Waals surface area (Å²) in [6.45, 7) is 3.18. The van der Waals surface area contributed by atoms with E-state index in [0.29, 0.717) is 29.3 Å². The summed E-state index contributed by atoms with van der Waals surface area (Å²) in [4.78, 5) is 36.2. The van der Waals surface area contributed by atoms with Gasteiger partial charge in [0, 0.05) is 75.4 Å². The number of nitrogens with zero attached hydrogens (tertiary/aromatic N) is 14. The van der Waals surface area contributed by atoms with Crippen molar-refractivity contribution < 1.29 is 23.5 Å². The molecule has 21 heteroatoms. The van der Waals surface area contributed by atoms with Gasteiger partial charge >= 0.3 is 5.97 Å². The van der Waals surface area contributed by atoms with E-state index in [2.05, 4.69) is 55.7 Å². The van der Waals surface area contributed by atoms with Gasteiger partial charge in [-0.25, -0.2) is 32.9 Å². The largest absolute Gasteiger partial charge is 0.476 e. The van der Waals surface area contributed by atoms with Crippen molar-refractivity contribution >= 4 is 34.8 Å². The van der Waals surface area contributed by atoms with Crippen LogP contribution in [0.15, 0.2) is 110 Å². The fourth-order valence-electron chi connectivity index (χ4n) is 6.60. The molecule has 59 heavy (non-hydrogen) atoms. The molecule has 2 fully saturated rings. The molecule has 300 valence electrons. The average molecular weight is 803 g/mol. The molecule has 0 bridgehead atoms. The molecule has 10 rings (SSSR count). The van der Waals surface area contributed by atoms with Crippen LogP contribution in [0.4, 0.5) is 20.4 Å². The van der Waals surface area contributed by atoms with Gasteiger partial charge in [0.15, 0.2) is 23.0 Å². The summed E-state index contributed by atoms with van der Waals surface area (Å²) < 4.78 is 32.3. The van der Waals surface area contributed by atoms with E-state index >= 15 is 0 Å². The van der Waals surface area contributed by atoms with Gasteiger partial charge in [-0.2, -0.15) is 10.2 Å². The highest BCUT2D eigenvalue weighted by Gasteiger charge is 2.28. The summed E-state index contributed by atoms with van der Waals surface area (Å²) >= 11 is 0. The fourth-order valence-corrected chi connectivity index (χ4v) is 6.60. The van der Waals surface area contributed by atoms with Gasteiger partial charge in [0.25, 0.3) is 5.91 Å². The summed E-state index contributed by atoms with van der Waals surface area (Å²) in [6, 6.07) is 14.8. The molecule has 2 aliphatic heterocycles. The van der Waals surface area contributed by atoms with Gasteiger partial charge in [-0.05, 0) is 73.5 Å². The summed E-state index contributed by atoms with van der Waals surface area (Å²) in [5.74, 6) is -0.363. The second kappa shape index (κ2) is 16.8. The summed E-state index contributed by atoms with van der Waals surface area (Å²) in [5.41, 5.74) is 8.93. The first-order chi connectivity index (χ1) is 28.7. The Morgan fingerprint density at radius 1 is 0.678 bits per heavy atom. The molecule has 2 saturated heterocycles. The van der Waals surface area contributed by atoms with Crippen molar-refractivity contribution in [3.05, 3.63) is 134 Å². The Bertz CT molecular complexity index is 2690. The SMILES string of the molecule is N[C@H]1CCN(c2nccn3cnnc23)C1.O=C(N[C@H]1CCN(c2nccn3cnnc23)C1)c1ccn(-c2ccc(F)cc2)n1.O=C(O)c1ccn(-c2ccc(F)cc2)n1. The number of nitrogens with two attached hydrogens (primary N) is 1. The minimum absolute atomic E-state index is 0.0246. The maximum absolute atomic E-state index is 13.1. The second-order valence-corrected chi connectivity index (χ2v) is 13.6. The molecule has 1 amide bonds. The van der Waals surface area contributed by atoms with E-state index in [1.165, 1.54) is 53.3 Å². The minimum atomic E-state index is -1.09. The number of carboxylic acids is 1. The number of rotatable bonds is 7. The highest BCUT2D eigenvalue weighted by atomic mass is 19.1. The number of anilines is 2. The van der Waals surface area contributed by atoms with Gasteiger partial charge in [0.1, 0.15) is 24.3 Å². The normalized spacial score (nSPS) is 16.1. The topological polar surface area (TPSA) is 221 Å². The van der Waals surface area contributed by atoms with E-state index in [9.17, 15) is 18.4 Å². The quantitative estimate of drug-likeness (QED) is 0.211. The molecule has 0 radical (unpaired) electrons. The van der Waals surface area contributed by atoms with Crippen LogP contribution >= 0.6 is 0 Å². The number of carbonyl (C=O) groups is 2. The number of fused-ring (bicyclic) bond motifs is 2. The lowest BCUT2D eigenvalue weighted by molar-refractivity contribution is 0.0689. The van der Waals surface area contributed by atoms with Gasteiger partial charge in [0.2, 0.25) is 11.3 Å². The monoisotopic (exact) mass is 802 g/mol. The third kappa shape index (κ3) is 8.68. The molecule has 8 aromatic rings. The van der Waals surface area contributed by atoms with Crippen LogP contribution in [0.3, 0.4) is 0 Å².